The van der Waals surface area contributed by atoms with E-state index in [0.717, 1.165) is 44.0 Å². The molecule has 4 rings (SSSR count). The quantitative estimate of drug-likeness (QED) is 0.873. The van der Waals surface area contributed by atoms with E-state index in [4.69, 9.17) is 4.74 Å². The van der Waals surface area contributed by atoms with Gasteiger partial charge < -0.3 is 9.64 Å². The SMILES string of the molecule is c1ccc2c(c1)CC(Cc1cc(N3CCCC3)cnn1)CO2. The van der Waals surface area contributed by atoms with Crippen LogP contribution in [0, 0.1) is 5.92 Å². The first-order valence-corrected chi connectivity index (χ1v) is 8.16. The molecule has 0 spiro atoms. The first kappa shape index (κ1) is 13.6. The molecule has 1 aromatic carbocycles. The number of aromatic nitrogens is 2. The first-order valence-electron chi connectivity index (χ1n) is 8.16. The maximum Gasteiger partial charge on any atom is 0.122 e. The first-order chi connectivity index (χ1) is 10.9. The molecular weight excluding hydrogens is 274 g/mol. The average Bonchev–Trinajstić information content (AvgIpc) is 3.10. The molecule has 0 bridgehead atoms. The molecule has 2 aromatic rings. The van der Waals surface area contributed by atoms with Crippen molar-refractivity contribution >= 4 is 5.69 Å². The van der Waals surface area contributed by atoms with E-state index in [9.17, 15) is 0 Å². The summed E-state index contributed by atoms with van der Waals surface area (Å²) < 4.78 is 5.88. The van der Waals surface area contributed by atoms with Crippen molar-refractivity contribution in [3.05, 3.63) is 47.8 Å². The topological polar surface area (TPSA) is 38.2 Å². The van der Waals surface area contributed by atoms with E-state index in [1.165, 1.54) is 24.1 Å². The second-order valence-electron chi connectivity index (χ2n) is 6.29. The van der Waals surface area contributed by atoms with Gasteiger partial charge in [-0.15, -0.1) is 0 Å². The van der Waals surface area contributed by atoms with Gasteiger partial charge in [-0.3, -0.25) is 0 Å². The van der Waals surface area contributed by atoms with Gasteiger partial charge in [-0.1, -0.05) is 18.2 Å². The Kier molecular flexibility index (Phi) is 3.67. The van der Waals surface area contributed by atoms with Crippen LogP contribution in [-0.4, -0.2) is 29.9 Å². The van der Waals surface area contributed by atoms with Crippen molar-refractivity contribution in [2.24, 2.45) is 5.92 Å². The standard InChI is InChI=1S/C18H21N3O/c1-2-6-18-15(5-1)9-14(13-22-18)10-16-11-17(12-19-20-16)21-7-3-4-8-21/h1-2,5-6,11-12,14H,3-4,7-10,13H2. The Morgan fingerprint density at radius 2 is 2.05 bits per heavy atom. The number of ether oxygens (including phenoxy) is 1. The van der Waals surface area contributed by atoms with Gasteiger partial charge in [0.25, 0.3) is 0 Å². The van der Waals surface area contributed by atoms with E-state index in [1.807, 2.05) is 12.3 Å². The van der Waals surface area contributed by atoms with Gasteiger partial charge in [0.2, 0.25) is 0 Å². The summed E-state index contributed by atoms with van der Waals surface area (Å²) in [6, 6.07) is 10.5. The molecule has 0 amide bonds. The molecule has 0 radical (unpaired) electrons. The molecule has 114 valence electrons. The predicted molar refractivity (Wildman–Crippen MR) is 86.3 cm³/mol. The van der Waals surface area contributed by atoms with Crippen molar-refractivity contribution < 1.29 is 4.74 Å². The highest BCUT2D eigenvalue weighted by molar-refractivity contribution is 5.45. The van der Waals surface area contributed by atoms with Gasteiger partial charge in [-0.25, -0.2) is 0 Å². The van der Waals surface area contributed by atoms with Gasteiger partial charge in [-0.2, -0.15) is 10.2 Å². The highest BCUT2D eigenvalue weighted by Gasteiger charge is 2.21. The van der Waals surface area contributed by atoms with E-state index in [1.54, 1.807) is 0 Å². The summed E-state index contributed by atoms with van der Waals surface area (Å²) in [6.45, 7) is 3.06. The van der Waals surface area contributed by atoms with E-state index >= 15 is 0 Å². The summed E-state index contributed by atoms with van der Waals surface area (Å²) >= 11 is 0. The predicted octanol–water partition coefficient (Wildman–Crippen LogP) is 2.87. The van der Waals surface area contributed by atoms with Crippen LogP contribution in [0.5, 0.6) is 5.75 Å². The normalized spacial score (nSPS) is 20.5. The Balaban J connectivity index is 1.46. The zero-order chi connectivity index (χ0) is 14.8. The fourth-order valence-electron chi connectivity index (χ4n) is 3.46. The van der Waals surface area contributed by atoms with Gasteiger partial charge >= 0.3 is 0 Å². The highest BCUT2D eigenvalue weighted by Crippen LogP contribution is 2.28. The minimum absolute atomic E-state index is 0.484. The monoisotopic (exact) mass is 295 g/mol. The van der Waals surface area contributed by atoms with Crippen molar-refractivity contribution in [1.29, 1.82) is 0 Å². The van der Waals surface area contributed by atoms with Gasteiger partial charge in [0, 0.05) is 19.0 Å². The van der Waals surface area contributed by atoms with Crippen LogP contribution in [0.25, 0.3) is 0 Å². The van der Waals surface area contributed by atoms with Gasteiger partial charge in [0.15, 0.2) is 0 Å². The minimum Gasteiger partial charge on any atom is -0.493 e. The number of nitrogens with zero attached hydrogens (tertiary/aromatic N) is 3. The highest BCUT2D eigenvalue weighted by atomic mass is 16.5. The van der Waals surface area contributed by atoms with Crippen LogP contribution >= 0.6 is 0 Å². The summed E-state index contributed by atoms with van der Waals surface area (Å²) in [5.41, 5.74) is 3.61. The summed E-state index contributed by atoms with van der Waals surface area (Å²) in [7, 11) is 0. The number of benzene rings is 1. The lowest BCUT2D eigenvalue weighted by Crippen LogP contribution is -2.23. The molecule has 0 saturated carbocycles. The van der Waals surface area contributed by atoms with Gasteiger partial charge in [0.1, 0.15) is 5.75 Å². The summed E-state index contributed by atoms with van der Waals surface area (Å²) in [6.07, 6.45) is 6.45. The molecule has 22 heavy (non-hydrogen) atoms. The van der Waals surface area contributed by atoms with Crippen molar-refractivity contribution in [3.63, 3.8) is 0 Å². The third-order valence-corrected chi connectivity index (χ3v) is 4.62. The Bertz CT molecular complexity index is 652. The number of hydrogen-bond acceptors (Lipinski definition) is 4. The molecule has 1 saturated heterocycles. The van der Waals surface area contributed by atoms with E-state index in [0.29, 0.717) is 5.92 Å². The average molecular weight is 295 g/mol. The van der Waals surface area contributed by atoms with E-state index < -0.39 is 0 Å². The number of para-hydroxylation sites is 1. The van der Waals surface area contributed by atoms with Crippen LogP contribution < -0.4 is 9.64 Å². The molecule has 4 heteroatoms. The molecule has 0 N–H and O–H groups in total. The van der Waals surface area contributed by atoms with Gasteiger partial charge in [-0.05, 0) is 43.4 Å². The lowest BCUT2D eigenvalue weighted by atomic mass is 9.93. The number of fused-ring (bicyclic) bond motifs is 1. The molecule has 0 aliphatic carbocycles. The van der Waals surface area contributed by atoms with Gasteiger partial charge in [0.05, 0.1) is 24.2 Å². The molecular formula is C18H21N3O. The summed E-state index contributed by atoms with van der Waals surface area (Å²) in [4.78, 5) is 2.41. The molecule has 2 aliphatic heterocycles. The molecule has 1 unspecified atom stereocenters. The fourth-order valence-corrected chi connectivity index (χ4v) is 3.46. The zero-order valence-corrected chi connectivity index (χ0v) is 12.7. The van der Waals surface area contributed by atoms with Crippen LogP contribution in [-0.2, 0) is 12.8 Å². The third-order valence-electron chi connectivity index (χ3n) is 4.62. The van der Waals surface area contributed by atoms with Crippen molar-refractivity contribution in [1.82, 2.24) is 10.2 Å². The number of hydrogen-bond donors (Lipinski definition) is 0. The summed E-state index contributed by atoms with van der Waals surface area (Å²) in [5, 5.41) is 8.54. The third kappa shape index (κ3) is 2.78. The maximum absolute atomic E-state index is 5.88. The minimum atomic E-state index is 0.484. The van der Waals surface area contributed by atoms with Crippen molar-refractivity contribution in [3.8, 4) is 5.75 Å². The Hall–Kier alpha value is -2.10. The van der Waals surface area contributed by atoms with Crippen LogP contribution in [0.1, 0.15) is 24.1 Å². The molecule has 3 heterocycles. The Labute approximate surface area is 131 Å². The zero-order valence-electron chi connectivity index (χ0n) is 12.7. The maximum atomic E-state index is 5.88. The molecule has 1 atom stereocenters. The lowest BCUT2D eigenvalue weighted by Gasteiger charge is -2.25. The van der Waals surface area contributed by atoms with E-state index in [-0.39, 0.29) is 0 Å². The molecule has 4 nitrogen and oxygen atoms in total. The Morgan fingerprint density at radius 3 is 2.95 bits per heavy atom. The molecule has 2 aliphatic rings. The van der Waals surface area contributed by atoms with Crippen LogP contribution in [0.4, 0.5) is 5.69 Å². The van der Waals surface area contributed by atoms with E-state index in [2.05, 4.69) is 39.4 Å². The smallest absolute Gasteiger partial charge is 0.122 e. The van der Waals surface area contributed by atoms with Crippen LogP contribution in [0.2, 0.25) is 0 Å². The lowest BCUT2D eigenvalue weighted by molar-refractivity contribution is 0.220. The molecule has 1 fully saturated rings. The van der Waals surface area contributed by atoms with Crippen LogP contribution in [0.15, 0.2) is 36.5 Å². The summed E-state index contributed by atoms with van der Waals surface area (Å²) in [5.74, 6) is 1.52. The van der Waals surface area contributed by atoms with Crippen molar-refractivity contribution in [2.45, 2.75) is 25.7 Å². The van der Waals surface area contributed by atoms with Crippen molar-refractivity contribution in [2.75, 3.05) is 24.6 Å². The second kappa shape index (κ2) is 5.95. The molecule has 1 aromatic heterocycles. The largest absolute Gasteiger partial charge is 0.493 e. The van der Waals surface area contributed by atoms with Crippen LogP contribution in [0.3, 0.4) is 0 Å². The fraction of sp³-hybridized carbons (Fsp3) is 0.444. The second-order valence-corrected chi connectivity index (χ2v) is 6.29. The Morgan fingerprint density at radius 1 is 1.18 bits per heavy atom. The number of anilines is 1. The number of rotatable bonds is 3.